The number of anilines is 1. The molecule has 1 aliphatic rings. The molecule has 7 amide bonds. The van der Waals surface area contributed by atoms with Gasteiger partial charge >= 0.3 is 6.03 Å². The first kappa shape index (κ1) is 42.4. The van der Waals surface area contributed by atoms with Gasteiger partial charge in [-0.15, -0.1) is 0 Å². The molecule has 298 valence electrons. The molecule has 3 aromatic rings. The predicted octanol–water partition coefficient (Wildman–Crippen LogP) is 2.99. The number of carbonyl (C=O) groups is 6. The van der Waals surface area contributed by atoms with E-state index < -0.39 is 65.2 Å². The molecule has 55 heavy (non-hydrogen) atoms. The van der Waals surface area contributed by atoms with Gasteiger partial charge in [-0.2, -0.15) is 0 Å². The maximum absolute atomic E-state index is 14.2. The summed E-state index contributed by atoms with van der Waals surface area (Å²) in [5.41, 5.74) is 6.23. The quantitative estimate of drug-likeness (QED) is 0.0734. The Labute approximate surface area is 320 Å². The van der Waals surface area contributed by atoms with Crippen LogP contribution >= 0.6 is 0 Å². The molecule has 3 unspecified atom stereocenters. The summed E-state index contributed by atoms with van der Waals surface area (Å²) in [5.74, 6) is -3.38. The summed E-state index contributed by atoms with van der Waals surface area (Å²) >= 11 is 0. The fraction of sp³-hybridized carbons (Fsp3) is 0.513. The molecule has 16 heteroatoms. The third-order valence-electron chi connectivity index (χ3n) is 9.21. The number of fused-ring (bicyclic) bond motifs is 3. The van der Waals surface area contributed by atoms with Crippen LogP contribution in [0.25, 0.3) is 21.8 Å². The van der Waals surface area contributed by atoms with Gasteiger partial charge in [0, 0.05) is 41.8 Å². The summed E-state index contributed by atoms with van der Waals surface area (Å²) in [5, 5.41) is 23.2. The molecule has 1 aromatic carbocycles. The minimum atomic E-state index is -1.16. The first-order valence-corrected chi connectivity index (χ1v) is 18.8. The van der Waals surface area contributed by atoms with Gasteiger partial charge in [0.15, 0.2) is 0 Å². The first-order chi connectivity index (χ1) is 26.1. The van der Waals surface area contributed by atoms with E-state index in [0.29, 0.717) is 30.4 Å². The van der Waals surface area contributed by atoms with Crippen LogP contribution in [0.3, 0.4) is 0 Å². The molecule has 16 nitrogen and oxygen atoms in total. The van der Waals surface area contributed by atoms with Gasteiger partial charge < -0.3 is 41.4 Å². The smallest absolute Gasteiger partial charge is 0.312 e. The Morgan fingerprint density at radius 2 is 1.64 bits per heavy atom. The number of aromatic nitrogens is 2. The Balaban J connectivity index is 1.67. The summed E-state index contributed by atoms with van der Waals surface area (Å²) in [4.78, 5) is 84.0. The number of amides is 7. The number of primary amides is 1. The second-order valence-electron chi connectivity index (χ2n) is 14.7. The lowest BCUT2D eigenvalue weighted by atomic mass is 10.0. The highest BCUT2D eigenvalue weighted by atomic mass is 16.5. The fourth-order valence-corrected chi connectivity index (χ4v) is 6.54. The molecule has 0 radical (unpaired) electrons. The molecule has 0 saturated carbocycles. The molecular formula is C39H54N8O8. The molecule has 0 bridgehead atoms. The lowest BCUT2D eigenvalue weighted by Gasteiger charge is -2.29. The van der Waals surface area contributed by atoms with Crippen LogP contribution in [0.4, 0.5) is 10.6 Å². The monoisotopic (exact) mass is 762 g/mol. The van der Waals surface area contributed by atoms with Gasteiger partial charge in [0.25, 0.3) is 11.8 Å². The van der Waals surface area contributed by atoms with Gasteiger partial charge in [-0.3, -0.25) is 28.9 Å². The summed E-state index contributed by atoms with van der Waals surface area (Å²) in [6.45, 7) is 11.7. The number of hydrogen-bond acceptors (Lipinski definition) is 9. The summed E-state index contributed by atoms with van der Waals surface area (Å²) in [6.07, 6.45) is 4.02. The fourth-order valence-electron chi connectivity index (χ4n) is 6.54. The van der Waals surface area contributed by atoms with E-state index in [1.54, 1.807) is 27.7 Å². The van der Waals surface area contributed by atoms with Crippen LogP contribution in [0.5, 0.6) is 0 Å². The minimum absolute atomic E-state index is 0.0736. The highest BCUT2D eigenvalue weighted by Gasteiger charge is 2.38. The number of pyridine rings is 1. The Hall–Kier alpha value is -5.35. The van der Waals surface area contributed by atoms with Crippen molar-refractivity contribution in [1.29, 1.82) is 0 Å². The standard InChI is InChI=1S/C39H54N8O8/c1-7-9-16-29(47-30(48)17-18-31(47)49)36(51)44-32(23(3)4)37(52)43-28(15-12-19-41-38(40)53)35(50)45-34-26-20-24(21-55-8-2)46(22-39(5,6)54)33(26)25-13-10-11-14-27(25)42-34/h10-11,13-14,17-18,20,23,28-29,32,54H,7-9,12,15-16,19,21-22H2,1-6H3,(H,43,52)(H,44,51)(H3,40,41,53)(H,42,45,50). The van der Waals surface area contributed by atoms with E-state index >= 15 is 0 Å². The van der Waals surface area contributed by atoms with Crippen LogP contribution in [0, 0.1) is 5.92 Å². The van der Waals surface area contributed by atoms with Crippen molar-refractivity contribution < 1.29 is 38.6 Å². The number of nitrogens with two attached hydrogens (primary N) is 1. The second kappa shape index (κ2) is 18.8. The molecule has 2 aromatic heterocycles. The van der Waals surface area contributed by atoms with Gasteiger partial charge in [-0.1, -0.05) is 51.8 Å². The number of carbonyl (C=O) groups excluding carboxylic acids is 6. The van der Waals surface area contributed by atoms with Gasteiger partial charge in [0.1, 0.15) is 23.9 Å². The Kier molecular flexibility index (Phi) is 14.5. The topological polar surface area (TPSA) is 227 Å². The zero-order valence-electron chi connectivity index (χ0n) is 32.4. The van der Waals surface area contributed by atoms with Gasteiger partial charge in [0.05, 0.1) is 29.8 Å². The van der Waals surface area contributed by atoms with E-state index in [1.165, 1.54) is 0 Å². The maximum atomic E-state index is 14.2. The number of nitrogens with zero attached hydrogens (tertiary/aromatic N) is 3. The highest BCUT2D eigenvalue weighted by Crippen LogP contribution is 2.34. The molecule has 0 saturated heterocycles. The molecular weight excluding hydrogens is 708 g/mol. The van der Waals surface area contributed by atoms with Crippen molar-refractivity contribution in [3.8, 4) is 0 Å². The van der Waals surface area contributed by atoms with E-state index in [4.69, 9.17) is 15.5 Å². The number of imide groups is 1. The van der Waals surface area contributed by atoms with Crippen molar-refractivity contribution >= 4 is 63.2 Å². The number of urea groups is 1. The second-order valence-corrected chi connectivity index (χ2v) is 14.7. The van der Waals surface area contributed by atoms with Crippen LogP contribution in [0.1, 0.15) is 79.3 Å². The van der Waals surface area contributed by atoms with Crippen molar-refractivity contribution in [2.24, 2.45) is 11.7 Å². The molecule has 3 atom stereocenters. The van der Waals surface area contributed by atoms with Gasteiger partial charge in [0.2, 0.25) is 17.7 Å². The van der Waals surface area contributed by atoms with E-state index in [1.807, 2.05) is 48.7 Å². The number of hydrogen-bond donors (Lipinski definition) is 6. The summed E-state index contributed by atoms with van der Waals surface area (Å²) in [6, 6.07) is 5.13. The Morgan fingerprint density at radius 3 is 2.25 bits per heavy atom. The molecule has 1 aliphatic heterocycles. The molecule has 7 N–H and O–H groups in total. The third kappa shape index (κ3) is 10.9. The van der Waals surface area contributed by atoms with Gasteiger partial charge in [-0.25, -0.2) is 9.78 Å². The molecule has 0 fully saturated rings. The zero-order valence-corrected chi connectivity index (χ0v) is 32.4. The van der Waals surface area contributed by atoms with Crippen LogP contribution in [-0.4, -0.2) is 92.0 Å². The summed E-state index contributed by atoms with van der Waals surface area (Å²) < 4.78 is 7.73. The normalized spacial score (nSPS) is 14.7. The predicted molar refractivity (Wildman–Crippen MR) is 207 cm³/mol. The van der Waals surface area contributed by atoms with Crippen LogP contribution < -0.4 is 27.0 Å². The lowest BCUT2D eigenvalue weighted by molar-refractivity contribution is -0.146. The average Bonchev–Trinajstić information content (AvgIpc) is 3.64. The van der Waals surface area contributed by atoms with Crippen molar-refractivity contribution in [2.45, 2.75) is 111 Å². The largest absolute Gasteiger partial charge is 0.389 e. The van der Waals surface area contributed by atoms with E-state index in [-0.39, 0.29) is 44.8 Å². The number of ether oxygens (including phenoxy) is 1. The lowest BCUT2D eigenvalue weighted by Crippen LogP contribution is -2.58. The van der Waals surface area contributed by atoms with Crippen LogP contribution in [0.15, 0.2) is 42.5 Å². The number of nitrogens with one attached hydrogen (secondary N) is 4. The SMILES string of the molecule is CCCCC(C(=O)NC(C(=O)NC(CCCNC(N)=O)C(=O)Nc1nc2ccccc2c2c1cc(COCC)n2CC(C)(C)O)C(C)C)N1C(=O)C=CC1=O. The Bertz CT molecular complexity index is 1910. The number of aliphatic hydroxyl groups is 1. The van der Waals surface area contributed by atoms with Crippen molar-refractivity contribution in [1.82, 2.24) is 30.4 Å². The van der Waals surface area contributed by atoms with Crippen LogP contribution in [-0.2, 0) is 41.9 Å². The van der Waals surface area contributed by atoms with Gasteiger partial charge in [-0.05, 0) is 58.1 Å². The summed E-state index contributed by atoms with van der Waals surface area (Å²) in [7, 11) is 0. The molecule has 0 spiro atoms. The first-order valence-electron chi connectivity index (χ1n) is 18.8. The third-order valence-corrected chi connectivity index (χ3v) is 9.21. The zero-order chi connectivity index (χ0) is 40.4. The van der Waals surface area contributed by atoms with Crippen molar-refractivity contribution in [3.63, 3.8) is 0 Å². The van der Waals surface area contributed by atoms with E-state index in [9.17, 15) is 33.9 Å². The van der Waals surface area contributed by atoms with Crippen molar-refractivity contribution in [2.75, 3.05) is 18.5 Å². The molecule has 4 rings (SSSR count). The number of para-hydroxylation sites is 1. The van der Waals surface area contributed by atoms with E-state index in [0.717, 1.165) is 33.6 Å². The number of benzene rings is 1. The van der Waals surface area contributed by atoms with Crippen LogP contribution in [0.2, 0.25) is 0 Å². The van der Waals surface area contributed by atoms with Crippen molar-refractivity contribution in [3.05, 3.63) is 48.2 Å². The number of rotatable bonds is 20. The average molecular weight is 763 g/mol. The Morgan fingerprint density at radius 1 is 0.945 bits per heavy atom. The van der Waals surface area contributed by atoms with E-state index in [2.05, 4.69) is 21.3 Å². The molecule has 3 heterocycles. The molecule has 0 aliphatic carbocycles. The highest BCUT2D eigenvalue weighted by molar-refractivity contribution is 6.15. The maximum Gasteiger partial charge on any atom is 0.312 e. The number of unbranched alkanes of at least 4 members (excludes halogenated alkanes) is 1. The minimum Gasteiger partial charge on any atom is -0.389 e.